The highest BCUT2D eigenvalue weighted by atomic mass is 32.1. The number of piperidine rings is 2. The van der Waals surface area contributed by atoms with Gasteiger partial charge in [-0.15, -0.1) is 22.7 Å². The number of thiazole rings is 2. The minimum atomic E-state index is -3.23. The predicted molar refractivity (Wildman–Crippen MR) is 270 cm³/mol. The van der Waals surface area contributed by atoms with Gasteiger partial charge in [0.05, 0.1) is 61.5 Å². The first-order valence-electron chi connectivity index (χ1n) is 24.8. The van der Waals surface area contributed by atoms with E-state index >= 15 is 17.6 Å². The first-order valence-corrected chi connectivity index (χ1v) is 26.6. The molecule has 0 spiro atoms. The van der Waals surface area contributed by atoms with Crippen molar-refractivity contribution in [3.63, 3.8) is 0 Å². The van der Waals surface area contributed by atoms with Gasteiger partial charge in [-0.3, -0.25) is 29.4 Å². The molecule has 4 unspecified atom stereocenters. The number of halogens is 8. The molecule has 4 saturated heterocycles. The Kier molecular flexibility index (Phi) is 15.9. The molecule has 0 aliphatic carbocycles. The number of hydrogen-bond donors (Lipinski definition) is 6. The van der Waals surface area contributed by atoms with Crippen LogP contribution in [0.5, 0.6) is 0 Å². The summed E-state index contributed by atoms with van der Waals surface area (Å²) in [5.41, 5.74) is -3.29. The number of amidine groups is 2. The number of nitrogens with zero attached hydrogens (tertiary/aromatic N) is 6. The van der Waals surface area contributed by atoms with Gasteiger partial charge in [-0.25, -0.2) is 54.7 Å². The molecule has 6 aliphatic rings. The number of fused-ring (bicyclic) bond motifs is 4. The predicted octanol–water partition coefficient (Wildman–Crippen LogP) is 6.65. The monoisotopic (exact) mass is 1160 g/mol. The number of benzene rings is 2. The molecule has 4 bridgehead atoms. The molecule has 2 aromatic heterocycles. The van der Waals surface area contributed by atoms with E-state index in [9.17, 15) is 57.2 Å². The maximum atomic E-state index is 15.1. The molecule has 80 heavy (non-hydrogen) atoms. The summed E-state index contributed by atoms with van der Waals surface area (Å²) in [5, 5.41) is 50.4. The summed E-state index contributed by atoms with van der Waals surface area (Å²) in [6.07, 6.45) is -0.861. The molecule has 2 aromatic carbocycles. The number of hydrogen-bond acceptors (Lipinski definition) is 18. The first-order chi connectivity index (χ1) is 37.7. The third kappa shape index (κ3) is 11.2. The summed E-state index contributed by atoms with van der Waals surface area (Å²) < 4.78 is 128. The van der Waals surface area contributed by atoms with Crippen LogP contribution < -0.4 is 10.6 Å². The zero-order valence-corrected chi connectivity index (χ0v) is 44.5. The van der Waals surface area contributed by atoms with Crippen LogP contribution in [-0.2, 0) is 28.7 Å². The van der Waals surface area contributed by atoms with Crippen molar-refractivity contribution in [1.82, 2.24) is 30.4 Å². The van der Waals surface area contributed by atoms with Gasteiger partial charge in [0.25, 0.3) is 11.8 Å². The van der Waals surface area contributed by atoms with Crippen LogP contribution >= 0.6 is 22.7 Å². The SMILES string of the molecule is COC(=O)C1=C(CN2C3CC(F)(F)C2C[C@@](O)(CC(=O)O)C3)NC(c2nccs2)=N[C@H]1c1ccc(F)c(F)c1C.COC(=O)C1=C(CN2C3CC(F)(F)C2C[C@](O)(CC(=O)O)C3)NC(c2nccs2)=N[C@H]1c1ccc(F)c(F)c1C. The number of aliphatic carboxylic acids is 2. The molecule has 4 aromatic rings. The van der Waals surface area contributed by atoms with E-state index in [2.05, 4.69) is 30.6 Å². The molecule has 18 nitrogen and oxygen atoms in total. The van der Waals surface area contributed by atoms with E-state index in [1.165, 1.54) is 70.8 Å². The zero-order valence-electron chi connectivity index (χ0n) is 42.9. The second kappa shape index (κ2) is 22.0. The van der Waals surface area contributed by atoms with Crippen LogP contribution in [0.4, 0.5) is 35.1 Å². The number of carbonyl (C=O) groups is 4. The molecular formula is C52H52F8N8O10S2. The first kappa shape index (κ1) is 58.0. The lowest BCUT2D eigenvalue weighted by atomic mass is 9.83. The van der Waals surface area contributed by atoms with E-state index in [0.717, 1.165) is 26.4 Å². The Bertz CT molecular complexity index is 3040. The number of aliphatic imine (C=N–C) groups is 2. The minimum absolute atomic E-state index is 0.0778. The average Bonchev–Trinajstić information content (AvgIpc) is 4.37. The summed E-state index contributed by atoms with van der Waals surface area (Å²) in [7, 11) is 2.26. The lowest BCUT2D eigenvalue weighted by molar-refractivity contribution is -0.149. The Balaban J connectivity index is 0.000000194. The lowest BCUT2D eigenvalue weighted by Crippen LogP contribution is -2.55. The van der Waals surface area contributed by atoms with Crippen LogP contribution in [0.3, 0.4) is 0 Å². The number of esters is 2. The van der Waals surface area contributed by atoms with Crippen LogP contribution in [0.15, 0.2) is 79.9 Å². The summed E-state index contributed by atoms with van der Waals surface area (Å²) in [6, 6.07) is -2.70. The molecule has 428 valence electrons. The Morgan fingerprint density at radius 1 is 0.625 bits per heavy atom. The van der Waals surface area contributed by atoms with E-state index in [-0.39, 0.29) is 82.4 Å². The molecule has 10 rings (SSSR count). The number of nitrogens with one attached hydrogen (secondary N) is 2. The van der Waals surface area contributed by atoms with Crippen LogP contribution in [0.25, 0.3) is 0 Å². The van der Waals surface area contributed by atoms with Gasteiger partial charge in [-0.1, -0.05) is 12.1 Å². The zero-order chi connectivity index (χ0) is 58.0. The van der Waals surface area contributed by atoms with E-state index in [1.807, 2.05) is 0 Å². The Morgan fingerprint density at radius 3 is 1.31 bits per heavy atom. The molecule has 8 heterocycles. The molecular weight excluding hydrogens is 1110 g/mol. The Morgan fingerprint density at radius 2 is 1.00 bits per heavy atom. The van der Waals surface area contributed by atoms with Crippen molar-refractivity contribution in [2.24, 2.45) is 9.98 Å². The summed E-state index contributed by atoms with van der Waals surface area (Å²) >= 11 is 2.44. The number of aromatic nitrogens is 2. The van der Waals surface area contributed by atoms with Crippen LogP contribution in [-0.4, -0.2) is 150 Å². The number of methoxy groups -OCH3 is 2. The highest BCUT2D eigenvalue weighted by Crippen LogP contribution is 2.52. The Hall–Kier alpha value is -6.72. The van der Waals surface area contributed by atoms with Gasteiger partial charge in [0.15, 0.2) is 45.0 Å². The lowest BCUT2D eigenvalue weighted by Gasteiger charge is -2.44. The smallest absolute Gasteiger partial charge is 0.338 e. The molecule has 0 radical (unpaired) electrons. The normalized spacial score (nSPS) is 27.8. The van der Waals surface area contributed by atoms with Crippen molar-refractivity contribution < 1.29 is 84.2 Å². The van der Waals surface area contributed by atoms with E-state index in [4.69, 9.17) is 9.47 Å². The van der Waals surface area contributed by atoms with Gasteiger partial charge in [-0.05, 0) is 73.9 Å². The topological polar surface area (TPSA) is 249 Å². The van der Waals surface area contributed by atoms with Gasteiger partial charge in [0, 0.05) is 72.6 Å². The standard InChI is InChI=1S/2C26H26F4N4O5S/c2*1-12-14(3-4-15(27)20(12)28)21-19(24(37)39-2)16(32-22(33-21)23-31-5-6-40-23)11-34-13-7-25(38,10-18(35)36)9-17(34)26(29,30)8-13/h2*3-6,13,17,21,38H,7-11H2,1-2H3,(H,32,33)(H,35,36)/t13?,17?,21-,25+;13?,17?,21-,25-/m00/s1. The van der Waals surface area contributed by atoms with Crippen molar-refractivity contribution in [2.45, 2.75) is 125 Å². The van der Waals surface area contributed by atoms with E-state index in [0.29, 0.717) is 10.0 Å². The molecule has 8 atom stereocenters. The molecule has 0 amide bonds. The molecule has 0 saturated carbocycles. The van der Waals surface area contributed by atoms with Crippen LogP contribution in [0, 0.1) is 37.1 Å². The quantitative estimate of drug-likeness (QED) is 0.0571. The maximum absolute atomic E-state index is 15.1. The molecule has 6 N–H and O–H groups in total. The molecule has 28 heteroatoms. The van der Waals surface area contributed by atoms with Crippen LogP contribution in [0.1, 0.15) is 95.7 Å². The van der Waals surface area contributed by atoms with Crippen molar-refractivity contribution in [3.8, 4) is 0 Å². The third-order valence-electron chi connectivity index (χ3n) is 15.4. The summed E-state index contributed by atoms with van der Waals surface area (Å²) in [6.45, 7) is 2.22. The van der Waals surface area contributed by atoms with Gasteiger partial charge in [0.1, 0.15) is 12.1 Å². The number of carbonyl (C=O) groups excluding carboxylic acids is 2. The highest BCUT2D eigenvalue weighted by molar-refractivity contribution is 7.12. The number of alkyl halides is 4. The van der Waals surface area contributed by atoms with Crippen LogP contribution in [0.2, 0.25) is 0 Å². The molecule has 6 aliphatic heterocycles. The van der Waals surface area contributed by atoms with Gasteiger partial charge >= 0.3 is 23.9 Å². The number of aliphatic hydroxyl groups is 2. The fourth-order valence-electron chi connectivity index (χ4n) is 11.9. The maximum Gasteiger partial charge on any atom is 0.338 e. The van der Waals surface area contributed by atoms with Gasteiger partial charge < -0.3 is 40.5 Å². The largest absolute Gasteiger partial charge is 0.481 e. The minimum Gasteiger partial charge on any atom is -0.481 e. The number of ether oxygens (including phenoxy) is 2. The highest BCUT2D eigenvalue weighted by Gasteiger charge is 2.63. The van der Waals surface area contributed by atoms with Crippen molar-refractivity contribution in [2.75, 3.05) is 27.3 Å². The third-order valence-corrected chi connectivity index (χ3v) is 17.0. The fraction of sp³-hybridized carbons (Fsp3) is 0.462. The van der Waals surface area contributed by atoms with E-state index in [1.54, 1.807) is 10.8 Å². The summed E-state index contributed by atoms with van der Waals surface area (Å²) in [4.78, 5) is 69.5. The fourth-order valence-corrected chi connectivity index (χ4v) is 13.1. The molecule has 4 fully saturated rings. The van der Waals surface area contributed by atoms with E-state index < -0.39 is 145 Å². The summed E-state index contributed by atoms with van der Waals surface area (Å²) in [5.74, 6) is -14.7. The van der Waals surface area contributed by atoms with Gasteiger partial charge in [0.2, 0.25) is 0 Å². The average molecular weight is 1170 g/mol. The van der Waals surface area contributed by atoms with Gasteiger partial charge in [-0.2, -0.15) is 0 Å². The second-order valence-corrected chi connectivity index (χ2v) is 22.4. The second-order valence-electron chi connectivity index (χ2n) is 20.6. The number of carboxylic acid groups (broad SMARTS) is 2. The van der Waals surface area contributed by atoms with Crippen molar-refractivity contribution in [3.05, 3.63) is 125 Å². The number of carboxylic acids is 2. The number of rotatable bonds is 14. The van der Waals surface area contributed by atoms with Crippen molar-refractivity contribution in [1.29, 1.82) is 0 Å². The van der Waals surface area contributed by atoms with Crippen molar-refractivity contribution >= 4 is 58.2 Å². The Labute approximate surface area is 458 Å².